The fourth-order valence-corrected chi connectivity index (χ4v) is 4.42. The highest BCUT2D eigenvalue weighted by Crippen LogP contribution is 2.28. The highest BCUT2D eigenvalue weighted by Gasteiger charge is 2.28. The molecule has 1 N–H and O–H groups in total. The molecular formula is C24H25N3O2S. The number of nitrogens with one attached hydrogen (secondary N) is 1. The zero-order valence-corrected chi connectivity index (χ0v) is 17.8. The van der Waals surface area contributed by atoms with E-state index in [2.05, 4.69) is 10.2 Å². The van der Waals surface area contributed by atoms with E-state index < -0.39 is 0 Å². The quantitative estimate of drug-likeness (QED) is 0.674. The van der Waals surface area contributed by atoms with Crippen LogP contribution in [-0.2, 0) is 4.79 Å². The van der Waals surface area contributed by atoms with Gasteiger partial charge in [-0.05, 0) is 30.0 Å². The standard InChI is InChI=1S/C24H25N3O2S/c1-18(26-13-15-27(16-14-26)24(29)22-12-7-17-30-22)23(28)25-21-11-6-5-10-20(21)19-8-3-2-4-9-19/h2-12,17-18H,13-16H2,1H3,(H,25,28)/t18-/m0/s1. The molecule has 0 bridgehead atoms. The smallest absolute Gasteiger partial charge is 0.264 e. The molecule has 0 radical (unpaired) electrons. The predicted octanol–water partition coefficient (Wildman–Crippen LogP) is 4.20. The van der Waals surface area contributed by atoms with E-state index in [4.69, 9.17) is 0 Å². The molecule has 6 heteroatoms. The Labute approximate surface area is 180 Å². The van der Waals surface area contributed by atoms with Gasteiger partial charge in [0, 0.05) is 37.4 Å². The van der Waals surface area contributed by atoms with E-state index in [0.717, 1.165) is 21.7 Å². The van der Waals surface area contributed by atoms with Crippen LogP contribution >= 0.6 is 11.3 Å². The maximum atomic E-state index is 13.0. The molecule has 4 rings (SSSR count). The number of hydrogen-bond donors (Lipinski definition) is 1. The summed E-state index contributed by atoms with van der Waals surface area (Å²) in [5.41, 5.74) is 2.89. The topological polar surface area (TPSA) is 52.7 Å². The van der Waals surface area contributed by atoms with Crippen LogP contribution < -0.4 is 5.32 Å². The van der Waals surface area contributed by atoms with Gasteiger partial charge in [0.15, 0.2) is 0 Å². The van der Waals surface area contributed by atoms with Gasteiger partial charge in [-0.25, -0.2) is 0 Å². The van der Waals surface area contributed by atoms with Crippen molar-refractivity contribution < 1.29 is 9.59 Å². The van der Waals surface area contributed by atoms with Crippen LogP contribution in [-0.4, -0.2) is 53.8 Å². The first-order valence-electron chi connectivity index (χ1n) is 10.2. The number of nitrogens with zero attached hydrogens (tertiary/aromatic N) is 2. The average molecular weight is 420 g/mol. The number of anilines is 1. The Morgan fingerprint density at radius 3 is 2.30 bits per heavy atom. The highest BCUT2D eigenvalue weighted by atomic mass is 32.1. The van der Waals surface area contributed by atoms with Crippen molar-refractivity contribution in [1.29, 1.82) is 0 Å². The third kappa shape index (κ3) is 4.45. The fraction of sp³-hybridized carbons (Fsp3) is 0.250. The molecule has 30 heavy (non-hydrogen) atoms. The Hall–Kier alpha value is -2.96. The maximum Gasteiger partial charge on any atom is 0.264 e. The lowest BCUT2D eigenvalue weighted by atomic mass is 10.0. The second kappa shape index (κ2) is 9.24. The Kier molecular flexibility index (Phi) is 6.26. The van der Waals surface area contributed by atoms with E-state index >= 15 is 0 Å². The Bertz CT molecular complexity index is 996. The molecule has 3 aromatic rings. The molecule has 2 heterocycles. The molecule has 1 aliphatic heterocycles. The van der Waals surface area contributed by atoms with Gasteiger partial charge in [0.2, 0.25) is 5.91 Å². The third-order valence-electron chi connectivity index (χ3n) is 5.53. The summed E-state index contributed by atoms with van der Waals surface area (Å²) in [6, 6.07) is 21.4. The normalized spacial score (nSPS) is 15.6. The lowest BCUT2D eigenvalue weighted by Gasteiger charge is -2.37. The lowest BCUT2D eigenvalue weighted by Crippen LogP contribution is -2.54. The summed E-state index contributed by atoms with van der Waals surface area (Å²) in [4.78, 5) is 30.3. The van der Waals surface area contributed by atoms with Crippen LogP contribution in [0.3, 0.4) is 0 Å². The van der Waals surface area contributed by atoms with Gasteiger partial charge < -0.3 is 10.2 Å². The second-order valence-electron chi connectivity index (χ2n) is 7.38. The van der Waals surface area contributed by atoms with Crippen LogP contribution in [0.1, 0.15) is 16.6 Å². The summed E-state index contributed by atoms with van der Waals surface area (Å²) in [7, 11) is 0. The molecule has 5 nitrogen and oxygen atoms in total. The van der Waals surface area contributed by atoms with Crippen molar-refractivity contribution in [2.45, 2.75) is 13.0 Å². The van der Waals surface area contributed by atoms with Crippen molar-refractivity contribution in [3.8, 4) is 11.1 Å². The van der Waals surface area contributed by atoms with Gasteiger partial charge in [-0.15, -0.1) is 11.3 Å². The predicted molar refractivity (Wildman–Crippen MR) is 122 cm³/mol. The average Bonchev–Trinajstić information content (AvgIpc) is 3.34. The maximum absolute atomic E-state index is 13.0. The van der Waals surface area contributed by atoms with E-state index in [1.165, 1.54) is 11.3 Å². The molecule has 2 amide bonds. The molecule has 1 aliphatic rings. The molecule has 2 aromatic carbocycles. The number of rotatable bonds is 5. The van der Waals surface area contributed by atoms with Gasteiger partial charge >= 0.3 is 0 Å². The molecule has 0 unspecified atom stereocenters. The van der Waals surface area contributed by atoms with Crippen LogP contribution in [0.25, 0.3) is 11.1 Å². The first-order valence-corrected chi connectivity index (χ1v) is 11.0. The highest BCUT2D eigenvalue weighted by molar-refractivity contribution is 7.12. The van der Waals surface area contributed by atoms with Crippen molar-refractivity contribution >= 4 is 28.8 Å². The summed E-state index contributed by atoms with van der Waals surface area (Å²) in [6.07, 6.45) is 0. The largest absolute Gasteiger partial charge is 0.335 e. The Morgan fingerprint density at radius 1 is 0.900 bits per heavy atom. The minimum atomic E-state index is -0.271. The van der Waals surface area contributed by atoms with Crippen molar-refractivity contribution in [2.24, 2.45) is 0 Å². The Balaban J connectivity index is 1.38. The summed E-state index contributed by atoms with van der Waals surface area (Å²) < 4.78 is 0. The molecule has 1 aromatic heterocycles. The monoisotopic (exact) mass is 419 g/mol. The van der Waals surface area contributed by atoms with Gasteiger partial charge in [0.25, 0.3) is 5.91 Å². The number of para-hydroxylation sites is 1. The van der Waals surface area contributed by atoms with E-state index in [-0.39, 0.29) is 17.9 Å². The second-order valence-corrected chi connectivity index (χ2v) is 8.33. The number of thiophene rings is 1. The van der Waals surface area contributed by atoms with Crippen LogP contribution in [0.4, 0.5) is 5.69 Å². The fourth-order valence-electron chi connectivity index (χ4n) is 3.73. The van der Waals surface area contributed by atoms with E-state index in [9.17, 15) is 9.59 Å². The van der Waals surface area contributed by atoms with Crippen molar-refractivity contribution in [3.05, 3.63) is 77.0 Å². The molecule has 0 aliphatic carbocycles. The summed E-state index contributed by atoms with van der Waals surface area (Å²) >= 11 is 1.47. The summed E-state index contributed by atoms with van der Waals surface area (Å²) in [5.74, 6) is 0.0509. The number of piperazine rings is 1. The number of carbonyl (C=O) groups excluding carboxylic acids is 2. The summed E-state index contributed by atoms with van der Waals surface area (Å²) in [5, 5.41) is 5.02. The first-order chi connectivity index (χ1) is 14.6. The number of amides is 2. The van der Waals surface area contributed by atoms with Gasteiger partial charge in [-0.2, -0.15) is 0 Å². The first kappa shape index (κ1) is 20.3. The number of benzene rings is 2. The van der Waals surface area contributed by atoms with Crippen LogP contribution in [0.15, 0.2) is 72.1 Å². The van der Waals surface area contributed by atoms with Gasteiger partial charge in [0.05, 0.1) is 10.9 Å². The van der Waals surface area contributed by atoms with Crippen molar-refractivity contribution in [2.75, 3.05) is 31.5 Å². The van der Waals surface area contributed by atoms with Gasteiger partial charge in [0.1, 0.15) is 0 Å². The number of carbonyl (C=O) groups is 2. The molecular weight excluding hydrogens is 394 g/mol. The van der Waals surface area contributed by atoms with Gasteiger partial charge in [-0.3, -0.25) is 14.5 Å². The van der Waals surface area contributed by atoms with Crippen LogP contribution in [0.5, 0.6) is 0 Å². The zero-order valence-electron chi connectivity index (χ0n) is 17.0. The van der Waals surface area contributed by atoms with Crippen LogP contribution in [0, 0.1) is 0 Å². The SMILES string of the molecule is C[C@@H](C(=O)Nc1ccccc1-c1ccccc1)N1CCN(C(=O)c2cccs2)CC1. The van der Waals surface area contributed by atoms with E-state index in [1.807, 2.05) is 83.9 Å². The molecule has 1 fully saturated rings. The zero-order chi connectivity index (χ0) is 20.9. The van der Waals surface area contributed by atoms with Crippen molar-refractivity contribution in [3.63, 3.8) is 0 Å². The Morgan fingerprint density at radius 2 is 1.60 bits per heavy atom. The van der Waals surface area contributed by atoms with E-state index in [0.29, 0.717) is 26.2 Å². The van der Waals surface area contributed by atoms with Crippen molar-refractivity contribution in [1.82, 2.24) is 9.80 Å². The van der Waals surface area contributed by atoms with E-state index in [1.54, 1.807) is 0 Å². The molecule has 1 atom stereocenters. The third-order valence-corrected chi connectivity index (χ3v) is 6.39. The van der Waals surface area contributed by atoms with Gasteiger partial charge in [-0.1, -0.05) is 54.6 Å². The minimum Gasteiger partial charge on any atom is -0.335 e. The number of hydrogen-bond acceptors (Lipinski definition) is 4. The summed E-state index contributed by atoms with van der Waals surface area (Å²) in [6.45, 7) is 4.57. The van der Waals surface area contributed by atoms with Crippen LogP contribution in [0.2, 0.25) is 0 Å². The molecule has 0 spiro atoms. The molecule has 1 saturated heterocycles. The molecule has 0 saturated carbocycles. The minimum absolute atomic E-state index is 0.0311. The lowest BCUT2D eigenvalue weighted by molar-refractivity contribution is -0.121. The molecule has 154 valence electrons.